The molecular formula is C24H28BrN5O3. The smallest absolute Gasteiger partial charge is 0.143 e. The number of nitrogens with one attached hydrogen (secondary N) is 1. The first-order chi connectivity index (χ1) is 16.2. The summed E-state index contributed by atoms with van der Waals surface area (Å²) in [6.45, 7) is 8.02. The highest BCUT2D eigenvalue weighted by Gasteiger charge is 2.19. The van der Waals surface area contributed by atoms with Gasteiger partial charge in [-0.3, -0.25) is 19.8 Å². The molecular weight excluding hydrogens is 486 g/mol. The zero-order chi connectivity index (χ0) is 22.6. The number of hydrogen-bond donors (Lipinski definition) is 2. The molecule has 0 spiro atoms. The van der Waals surface area contributed by atoms with Gasteiger partial charge >= 0.3 is 0 Å². The lowest BCUT2D eigenvalue weighted by Crippen LogP contribution is -2.36. The number of pyridine rings is 2. The van der Waals surface area contributed by atoms with Crippen molar-refractivity contribution < 1.29 is 14.6 Å². The van der Waals surface area contributed by atoms with Gasteiger partial charge in [0.15, 0.2) is 0 Å². The Morgan fingerprint density at radius 3 is 2.33 bits per heavy atom. The monoisotopic (exact) mass is 513 g/mol. The maximum Gasteiger partial charge on any atom is 0.143 e. The Labute approximate surface area is 201 Å². The largest absolute Gasteiger partial charge is 0.505 e. The first-order valence-corrected chi connectivity index (χ1v) is 12.1. The van der Waals surface area contributed by atoms with Crippen LogP contribution in [0.3, 0.4) is 0 Å². The fourth-order valence-electron chi connectivity index (χ4n) is 4.34. The van der Waals surface area contributed by atoms with E-state index in [1.807, 2.05) is 18.2 Å². The zero-order valence-electron chi connectivity index (χ0n) is 18.5. The van der Waals surface area contributed by atoms with E-state index in [1.54, 1.807) is 12.4 Å². The van der Waals surface area contributed by atoms with Crippen LogP contribution < -0.4 is 5.32 Å². The highest BCUT2D eigenvalue weighted by molar-refractivity contribution is 9.10. The van der Waals surface area contributed by atoms with Crippen LogP contribution in [0.5, 0.6) is 5.75 Å². The van der Waals surface area contributed by atoms with Gasteiger partial charge in [0, 0.05) is 61.7 Å². The second-order valence-corrected chi connectivity index (χ2v) is 9.35. The van der Waals surface area contributed by atoms with Crippen molar-refractivity contribution >= 4 is 38.3 Å². The molecule has 2 aromatic heterocycles. The molecule has 8 nitrogen and oxygen atoms in total. The van der Waals surface area contributed by atoms with Crippen LogP contribution in [0.25, 0.3) is 11.0 Å². The van der Waals surface area contributed by atoms with E-state index in [4.69, 9.17) is 9.47 Å². The van der Waals surface area contributed by atoms with Crippen molar-refractivity contribution in [2.75, 3.05) is 57.9 Å². The van der Waals surface area contributed by atoms with Crippen molar-refractivity contribution in [2.24, 2.45) is 0 Å². The van der Waals surface area contributed by atoms with Crippen molar-refractivity contribution in [2.45, 2.75) is 13.1 Å². The summed E-state index contributed by atoms with van der Waals surface area (Å²) in [7, 11) is 0. The van der Waals surface area contributed by atoms with Crippen LogP contribution >= 0.6 is 15.9 Å². The first-order valence-electron chi connectivity index (χ1n) is 11.3. The Balaban J connectivity index is 1.48. The number of hydrogen-bond acceptors (Lipinski definition) is 8. The molecule has 0 bridgehead atoms. The average molecular weight is 514 g/mol. The standard InChI is InChI=1S/C24H28BrN5O3/c25-19-13-21-23(27-14-19)20(1-2-26-21)28-22-12-17(15-29-3-7-32-8-4-29)11-18(24(22)31)16-30-5-9-33-10-6-30/h1-2,11-14,31H,3-10,15-16H2,(H,26,28). The minimum atomic E-state index is 0.272. The molecule has 5 rings (SSSR count). The summed E-state index contributed by atoms with van der Waals surface area (Å²) in [5.74, 6) is 0.272. The van der Waals surface area contributed by atoms with Gasteiger partial charge in [0.25, 0.3) is 0 Å². The van der Waals surface area contributed by atoms with Crippen molar-refractivity contribution in [1.29, 1.82) is 0 Å². The summed E-state index contributed by atoms with van der Waals surface area (Å²) in [5.41, 5.74) is 5.11. The van der Waals surface area contributed by atoms with Crippen LogP contribution in [0.15, 0.2) is 41.1 Å². The van der Waals surface area contributed by atoms with Crippen molar-refractivity contribution in [3.05, 3.63) is 52.3 Å². The maximum absolute atomic E-state index is 11.2. The second-order valence-electron chi connectivity index (χ2n) is 8.43. The van der Waals surface area contributed by atoms with E-state index in [2.05, 4.69) is 47.1 Å². The van der Waals surface area contributed by atoms with Crippen LogP contribution in [-0.4, -0.2) is 77.5 Å². The number of phenols is 1. The molecule has 0 saturated carbocycles. The highest BCUT2D eigenvalue weighted by atomic mass is 79.9. The third-order valence-electron chi connectivity index (χ3n) is 6.07. The Morgan fingerprint density at radius 2 is 1.61 bits per heavy atom. The van der Waals surface area contributed by atoms with Crippen molar-refractivity contribution in [1.82, 2.24) is 19.8 Å². The predicted octanol–water partition coefficient (Wildman–Crippen LogP) is 3.51. The summed E-state index contributed by atoms with van der Waals surface area (Å²) >= 11 is 3.46. The summed E-state index contributed by atoms with van der Waals surface area (Å²) in [6.07, 6.45) is 3.51. The predicted molar refractivity (Wildman–Crippen MR) is 131 cm³/mol. The number of morpholine rings is 2. The van der Waals surface area contributed by atoms with Crippen LogP contribution in [0, 0.1) is 0 Å². The lowest BCUT2D eigenvalue weighted by Gasteiger charge is -2.29. The number of benzene rings is 1. The van der Waals surface area contributed by atoms with E-state index < -0.39 is 0 Å². The van der Waals surface area contributed by atoms with Crippen LogP contribution in [0.1, 0.15) is 11.1 Å². The van der Waals surface area contributed by atoms with Crippen LogP contribution in [0.4, 0.5) is 11.4 Å². The van der Waals surface area contributed by atoms with Gasteiger partial charge in [-0.05, 0) is 45.8 Å². The molecule has 2 saturated heterocycles. The molecule has 2 fully saturated rings. The topological polar surface area (TPSA) is 83.0 Å². The normalized spacial score (nSPS) is 18.0. The van der Waals surface area contributed by atoms with E-state index >= 15 is 0 Å². The van der Waals surface area contributed by atoms with Crippen LogP contribution in [0.2, 0.25) is 0 Å². The molecule has 2 aliphatic heterocycles. The molecule has 33 heavy (non-hydrogen) atoms. The summed E-state index contributed by atoms with van der Waals surface area (Å²) < 4.78 is 11.9. The summed E-state index contributed by atoms with van der Waals surface area (Å²) in [4.78, 5) is 13.7. The molecule has 2 aliphatic rings. The number of rotatable bonds is 6. The maximum atomic E-state index is 11.2. The van der Waals surface area contributed by atoms with E-state index in [-0.39, 0.29) is 5.75 Å². The molecule has 2 N–H and O–H groups in total. The number of fused-ring (bicyclic) bond motifs is 1. The van der Waals surface area contributed by atoms with Gasteiger partial charge in [0.1, 0.15) is 11.3 Å². The van der Waals surface area contributed by atoms with Crippen LogP contribution in [-0.2, 0) is 22.6 Å². The molecule has 0 unspecified atom stereocenters. The Morgan fingerprint density at radius 1 is 0.909 bits per heavy atom. The molecule has 0 amide bonds. The van der Waals surface area contributed by atoms with Gasteiger partial charge in [0.2, 0.25) is 0 Å². The molecule has 0 radical (unpaired) electrons. The number of halogens is 1. The van der Waals surface area contributed by atoms with E-state index in [1.165, 1.54) is 0 Å². The minimum Gasteiger partial charge on any atom is -0.505 e. The number of aromatic nitrogens is 2. The Kier molecular flexibility index (Phi) is 7.03. The number of anilines is 2. The quantitative estimate of drug-likeness (QED) is 0.484. The van der Waals surface area contributed by atoms with E-state index in [0.717, 1.165) is 91.5 Å². The SMILES string of the molecule is Oc1c(CN2CCOCC2)cc(CN2CCOCC2)cc1Nc1ccnc2cc(Br)cnc12. The van der Waals surface area contributed by atoms with Gasteiger partial charge in [0.05, 0.1) is 43.3 Å². The fraction of sp³-hybridized carbons (Fsp3) is 0.417. The van der Waals surface area contributed by atoms with Gasteiger partial charge in [-0.1, -0.05) is 0 Å². The van der Waals surface area contributed by atoms with Crippen molar-refractivity contribution in [3.8, 4) is 5.75 Å². The molecule has 9 heteroatoms. The van der Waals surface area contributed by atoms with Crippen molar-refractivity contribution in [3.63, 3.8) is 0 Å². The Hall–Kier alpha value is -2.30. The molecule has 0 atom stereocenters. The van der Waals surface area contributed by atoms with E-state index in [9.17, 15) is 5.11 Å². The molecule has 4 heterocycles. The highest BCUT2D eigenvalue weighted by Crippen LogP contribution is 2.35. The number of phenolic OH excluding ortho intramolecular Hbond substituents is 1. The molecule has 1 aromatic carbocycles. The lowest BCUT2D eigenvalue weighted by molar-refractivity contribution is 0.0332. The molecule has 174 valence electrons. The number of ether oxygens (including phenoxy) is 2. The number of nitrogens with zero attached hydrogens (tertiary/aromatic N) is 4. The van der Waals surface area contributed by atoms with Gasteiger partial charge in [-0.25, -0.2) is 0 Å². The first kappa shape index (κ1) is 22.5. The number of aromatic hydroxyl groups is 1. The Bertz CT molecular complexity index is 1120. The fourth-order valence-corrected chi connectivity index (χ4v) is 4.66. The second kappa shape index (κ2) is 10.3. The third kappa shape index (κ3) is 5.44. The zero-order valence-corrected chi connectivity index (χ0v) is 20.1. The van der Waals surface area contributed by atoms with E-state index in [0.29, 0.717) is 12.2 Å². The van der Waals surface area contributed by atoms with Gasteiger partial charge in [-0.2, -0.15) is 0 Å². The minimum absolute atomic E-state index is 0.272. The summed E-state index contributed by atoms with van der Waals surface area (Å²) in [6, 6.07) is 8.00. The third-order valence-corrected chi connectivity index (χ3v) is 6.50. The summed E-state index contributed by atoms with van der Waals surface area (Å²) in [5, 5.41) is 14.7. The lowest BCUT2D eigenvalue weighted by atomic mass is 10.1. The molecule has 3 aromatic rings. The van der Waals surface area contributed by atoms with Gasteiger partial charge < -0.3 is 19.9 Å². The average Bonchev–Trinajstić information content (AvgIpc) is 2.83. The molecule has 0 aliphatic carbocycles. The van der Waals surface area contributed by atoms with Gasteiger partial charge in [-0.15, -0.1) is 0 Å².